The number of hydrogen-bond donors (Lipinski definition) is 0. The summed E-state index contributed by atoms with van der Waals surface area (Å²) in [7, 11) is 0. The van der Waals surface area contributed by atoms with Crippen molar-refractivity contribution in [3.05, 3.63) is 315 Å². The first kappa shape index (κ1) is 55.3. The van der Waals surface area contributed by atoms with Crippen LogP contribution in [0.2, 0.25) is 0 Å². The first-order chi connectivity index (χ1) is 38.9. The van der Waals surface area contributed by atoms with Crippen LogP contribution >= 0.6 is 0 Å². The van der Waals surface area contributed by atoms with Gasteiger partial charge < -0.3 is 0 Å². The minimum Gasteiger partial charge on any atom is -0.0842 e. The van der Waals surface area contributed by atoms with Crippen LogP contribution in [0.15, 0.2) is 254 Å². The van der Waals surface area contributed by atoms with Gasteiger partial charge in [0.25, 0.3) is 0 Å². The molecule has 0 aliphatic heterocycles. The normalized spacial score (nSPS) is 16.2. The van der Waals surface area contributed by atoms with Gasteiger partial charge in [-0.3, -0.25) is 0 Å². The second kappa shape index (κ2) is 24.5. The molecule has 4 aliphatic carbocycles. The van der Waals surface area contributed by atoms with Crippen LogP contribution in [0, 0.1) is 27.7 Å². The number of hydrogen-bond acceptors (Lipinski definition) is 0. The molecule has 2 atom stereocenters. The van der Waals surface area contributed by atoms with Crippen LogP contribution in [-0.4, -0.2) is 0 Å². The van der Waals surface area contributed by atoms with Crippen molar-refractivity contribution in [1.29, 1.82) is 0 Å². The van der Waals surface area contributed by atoms with E-state index in [1.54, 1.807) is 11.1 Å². The zero-order chi connectivity index (χ0) is 55.8. The highest BCUT2D eigenvalue weighted by Gasteiger charge is 2.48. The number of aryl methyl sites for hydroxylation is 5. The molecule has 0 nitrogen and oxygen atoms in total. The van der Waals surface area contributed by atoms with Crippen LogP contribution in [0.3, 0.4) is 0 Å². The highest BCUT2D eigenvalue weighted by Crippen LogP contribution is 2.59. The van der Waals surface area contributed by atoms with E-state index in [4.69, 9.17) is 0 Å². The molecule has 0 spiro atoms. The van der Waals surface area contributed by atoms with Crippen molar-refractivity contribution in [3.63, 3.8) is 0 Å². The van der Waals surface area contributed by atoms with E-state index >= 15 is 0 Å². The van der Waals surface area contributed by atoms with Gasteiger partial charge in [0, 0.05) is 5.41 Å². The van der Waals surface area contributed by atoms with Gasteiger partial charge in [-0.15, -0.1) is 0 Å². The van der Waals surface area contributed by atoms with E-state index in [2.05, 4.69) is 305 Å². The third-order valence-corrected chi connectivity index (χ3v) is 17.5. The molecule has 0 saturated heterocycles. The Bertz CT molecular complexity index is 3740. The zero-order valence-corrected chi connectivity index (χ0v) is 48.9. The fraction of sp³-hybridized carbons (Fsp3) is 0.225. The average Bonchev–Trinajstić information content (AvgIpc) is 4.17. The quantitative estimate of drug-likeness (QED) is 0.142. The van der Waals surface area contributed by atoms with E-state index in [9.17, 15) is 0 Å². The molecule has 0 N–H and O–H groups in total. The minimum absolute atomic E-state index is 0.0906. The average molecular weight is 1040 g/mol. The van der Waals surface area contributed by atoms with Crippen LogP contribution in [0.25, 0.3) is 50.1 Å². The molecule has 2 unspecified atom stereocenters. The van der Waals surface area contributed by atoms with Crippen molar-refractivity contribution in [2.45, 2.75) is 118 Å². The molecule has 0 saturated carbocycles. The lowest BCUT2D eigenvalue weighted by Gasteiger charge is -2.39. The molecular formula is C80H80. The van der Waals surface area contributed by atoms with Gasteiger partial charge in [-0.1, -0.05) is 288 Å². The lowest BCUT2D eigenvalue weighted by Crippen LogP contribution is -2.32. The van der Waals surface area contributed by atoms with Crippen molar-refractivity contribution in [1.82, 2.24) is 0 Å². The van der Waals surface area contributed by atoms with E-state index in [1.165, 1.54) is 118 Å². The summed E-state index contributed by atoms with van der Waals surface area (Å²) in [6.07, 6.45) is 18.6. The Morgan fingerprint density at radius 1 is 0.450 bits per heavy atom. The SMILES string of the molecule is CCC(C)c1ccccc1.CCc1ccc2c(c1)C(C1=CC=CCC1)(c1ccccc1)C1=C2C=CCC1.Cc1ccc(-c2cccc(-c3ccc(-c4ccccc4C)c(C)c3)c2)cc1.Cc1ccc2c(c1)-c1ccccc1C2(C)C. The lowest BCUT2D eigenvalue weighted by atomic mass is 9.63. The fourth-order valence-corrected chi connectivity index (χ4v) is 12.8. The second-order valence-electron chi connectivity index (χ2n) is 23.1. The van der Waals surface area contributed by atoms with Crippen LogP contribution in [0.5, 0.6) is 0 Å². The van der Waals surface area contributed by atoms with Gasteiger partial charge in [-0.05, 0) is 184 Å². The van der Waals surface area contributed by atoms with E-state index < -0.39 is 0 Å². The molecule has 9 aromatic rings. The molecule has 0 fully saturated rings. The molecule has 400 valence electrons. The third kappa shape index (κ3) is 11.2. The molecule has 13 rings (SSSR count). The number of rotatable bonds is 8. The minimum atomic E-state index is -0.0906. The van der Waals surface area contributed by atoms with E-state index in [0.717, 1.165) is 32.1 Å². The Morgan fingerprint density at radius 2 is 1.06 bits per heavy atom. The van der Waals surface area contributed by atoms with Gasteiger partial charge in [-0.2, -0.15) is 0 Å². The Labute approximate surface area is 480 Å². The summed E-state index contributed by atoms with van der Waals surface area (Å²) in [6.45, 7) is 20.0. The molecule has 0 amide bonds. The molecular weight excluding hydrogens is 961 g/mol. The van der Waals surface area contributed by atoms with Gasteiger partial charge in [0.1, 0.15) is 0 Å². The Morgan fingerprint density at radius 3 is 1.76 bits per heavy atom. The number of fused-ring (bicyclic) bond motifs is 5. The maximum absolute atomic E-state index is 2.49. The topological polar surface area (TPSA) is 0 Å². The maximum Gasteiger partial charge on any atom is 0.0639 e. The van der Waals surface area contributed by atoms with Crippen molar-refractivity contribution < 1.29 is 0 Å². The van der Waals surface area contributed by atoms with E-state index in [1.807, 2.05) is 0 Å². The first-order valence-electron chi connectivity index (χ1n) is 29.5. The van der Waals surface area contributed by atoms with Crippen LogP contribution in [0.1, 0.15) is 134 Å². The summed E-state index contributed by atoms with van der Waals surface area (Å²) in [4.78, 5) is 0. The molecule has 0 heteroatoms. The Hall–Kier alpha value is -8.06. The number of allylic oxidation sites excluding steroid dienone is 8. The summed E-state index contributed by atoms with van der Waals surface area (Å²) in [5, 5.41) is 0. The summed E-state index contributed by atoms with van der Waals surface area (Å²) in [5.41, 5.74) is 30.6. The van der Waals surface area contributed by atoms with Crippen LogP contribution in [-0.2, 0) is 17.3 Å². The van der Waals surface area contributed by atoms with Crippen LogP contribution < -0.4 is 0 Å². The highest BCUT2D eigenvalue weighted by atomic mass is 14.5. The summed E-state index contributed by atoms with van der Waals surface area (Å²) >= 11 is 0. The highest BCUT2D eigenvalue weighted by molar-refractivity contribution is 5.91. The molecule has 80 heavy (non-hydrogen) atoms. The van der Waals surface area contributed by atoms with Gasteiger partial charge >= 0.3 is 0 Å². The van der Waals surface area contributed by atoms with Gasteiger partial charge in [-0.25, -0.2) is 0 Å². The Balaban J connectivity index is 0.000000127. The summed E-state index contributed by atoms with van der Waals surface area (Å²) < 4.78 is 0. The predicted molar refractivity (Wildman–Crippen MR) is 346 cm³/mol. The fourth-order valence-electron chi connectivity index (χ4n) is 12.8. The van der Waals surface area contributed by atoms with Crippen molar-refractivity contribution in [2.75, 3.05) is 0 Å². The van der Waals surface area contributed by atoms with E-state index in [0.29, 0.717) is 5.92 Å². The second-order valence-corrected chi connectivity index (χ2v) is 23.1. The van der Waals surface area contributed by atoms with Crippen molar-refractivity contribution >= 4 is 5.57 Å². The third-order valence-electron chi connectivity index (χ3n) is 17.5. The monoisotopic (exact) mass is 1040 g/mol. The molecule has 9 aromatic carbocycles. The molecule has 0 radical (unpaired) electrons. The number of benzene rings is 9. The summed E-state index contributed by atoms with van der Waals surface area (Å²) in [5.74, 6) is 0.709. The van der Waals surface area contributed by atoms with Crippen molar-refractivity contribution in [2.24, 2.45) is 0 Å². The van der Waals surface area contributed by atoms with Crippen LogP contribution in [0.4, 0.5) is 0 Å². The largest absolute Gasteiger partial charge is 0.0842 e. The van der Waals surface area contributed by atoms with Crippen molar-refractivity contribution in [3.8, 4) is 44.5 Å². The predicted octanol–water partition coefficient (Wildman–Crippen LogP) is 22.0. The van der Waals surface area contributed by atoms with Gasteiger partial charge in [0.15, 0.2) is 0 Å². The van der Waals surface area contributed by atoms with Gasteiger partial charge in [0.2, 0.25) is 0 Å². The molecule has 0 aromatic heterocycles. The first-order valence-corrected chi connectivity index (χ1v) is 29.5. The Kier molecular flexibility index (Phi) is 16.9. The summed E-state index contributed by atoms with van der Waals surface area (Å²) in [6, 6.07) is 77.6. The van der Waals surface area contributed by atoms with E-state index in [-0.39, 0.29) is 10.8 Å². The lowest BCUT2D eigenvalue weighted by molar-refractivity contribution is 0.644. The standard InChI is InChI=1S/C27H26.C27H24.C16H16.C10H14/c1-2-20-17-18-24-23-15-9-10-16-25(23)27(26(24)19-20,21-11-5-3-6-12-21)22-13-7-4-8-14-22;1-19-11-13-22(14-12-19)23-8-6-9-24(18-23)25-15-16-27(21(3)17-25)26-10-5-4-7-20(26)2;1-11-8-9-15-13(10-11)12-6-4-5-7-14(12)16(15,2)3;1-3-9(2)10-7-5-4-6-8-10/h3-7,9,11-13,15,17-19H,2,8,10,14,16H2,1H3;4-18H,1-3H3;4-10H,1-3H3;4-9H,3H2,1-2H3. The molecule has 4 aliphatic rings. The molecule has 0 bridgehead atoms. The zero-order valence-electron chi connectivity index (χ0n) is 48.9. The smallest absolute Gasteiger partial charge is 0.0639 e. The van der Waals surface area contributed by atoms with Gasteiger partial charge in [0.05, 0.1) is 5.41 Å². The maximum atomic E-state index is 2.49. The molecule has 0 heterocycles.